The van der Waals surface area contributed by atoms with Crippen molar-refractivity contribution >= 4 is 66.1 Å². The highest BCUT2D eigenvalue weighted by atomic mass is 79.9. The third-order valence-electron chi connectivity index (χ3n) is 4.68. The molecule has 166 valence electrons. The van der Waals surface area contributed by atoms with Crippen LogP contribution in [-0.4, -0.2) is 22.2 Å². The minimum Gasteiger partial charge on any atom is -0.506 e. The topological polar surface area (TPSA) is 86.6 Å². The summed E-state index contributed by atoms with van der Waals surface area (Å²) >= 11 is 8.13. The van der Waals surface area contributed by atoms with Crippen LogP contribution in [0.15, 0.2) is 80.1 Å². The van der Waals surface area contributed by atoms with Gasteiger partial charge in [0.1, 0.15) is 5.75 Å². The van der Waals surface area contributed by atoms with Crippen molar-refractivity contribution in [2.75, 3.05) is 5.32 Å². The Morgan fingerprint density at radius 1 is 1.09 bits per heavy atom. The van der Waals surface area contributed by atoms with E-state index in [-0.39, 0.29) is 11.7 Å². The van der Waals surface area contributed by atoms with E-state index in [1.54, 1.807) is 24.3 Å². The van der Waals surface area contributed by atoms with E-state index in [1.165, 1.54) is 23.1 Å². The van der Waals surface area contributed by atoms with Gasteiger partial charge in [0.05, 0.1) is 16.4 Å². The fourth-order valence-electron chi connectivity index (χ4n) is 2.93. The quantitative estimate of drug-likeness (QED) is 0.170. The normalized spacial score (nSPS) is 11.0. The zero-order valence-electron chi connectivity index (χ0n) is 17.3. The largest absolute Gasteiger partial charge is 0.506 e. The van der Waals surface area contributed by atoms with Gasteiger partial charge in [-0.25, -0.2) is 10.4 Å². The van der Waals surface area contributed by atoms with Crippen molar-refractivity contribution in [3.8, 4) is 17.0 Å². The Kier molecular flexibility index (Phi) is 7.22. The summed E-state index contributed by atoms with van der Waals surface area (Å²) < 4.78 is 1.30. The first-order valence-electron chi connectivity index (χ1n) is 9.80. The number of halogens is 2. The molecule has 0 aliphatic carbocycles. The maximum Gasteiger partial charge on any atom is 0.271 e. The second kappa shape index (κ2) is 10.3. The molecule has 3 N–H and O–H groups in total. The molecule has 1 heterocycles. The minimum atomic E-state index is -0.355. The highest BCUT2D eigenvalue weighted by Crippen LogP contribution is 2.30. The van der Waals surface area contributed by atoms with Gasteiger partial charge in [-0.15, -0.1) is 11.3 Å². The lowest BCUT2D eigenvalue weighted by Gasteiger charge is -2.04. The average Bonchev–Trinajstić information content (AvgIpc) is 3.27. The summed E-state index contributed by atoms with van der Waals surface area (Å²) in [6, 6.07) is 18.7. The highest BCUT2D eigenvalue weighted by Gasteiger charge is 2.09. The van der Waals surface area contributed by atoms with E-state index in [0.29, 0.717) is 15.6 Å². The monoisotopic (exact) mass is 584 g/mol. The summed E-state index contributed by atoms with van der Waals surface area (Å²) in [7, 11) is 0. The molecule has 4 aromatic rings. The number of carbonyl (C=O) groups excluding carboxylic acids is 1. The second-order valence-corrected chi connectivity index (χ2v) is 9.76. The molecular weight excluding hydrogens is 568 g/mol. The summed E-state index contributed by atoms with van der Waals surface area (Å²) in [5.41, 5.74) is 7.32. The van der Waals surface area contributed by atoms with Crippen molar-refractivity contribution in [3.05, 3.63) is 91.7 Å². The first-order chi connectivity index (χ1) is 15.9. The molecule has 0 fully saturated rings. The number of carbonyl (C=O) groups is 1. The Hall–Kier alpha value is -3.01. The van der Waals surface area contributed by atoms with E-state index in [2.05, 4.69) is 52.7 Å². The molecule has 0 saturated heterocycles. The van der Waals surface area contributed by atoms with Crippen LogP contribution in [0, 0.1) is 6.92 Å². The molecule has 0 bridgehead atoms. The van der Waals surface area contributed by atoms with Gasteiger partial charge in [-0.2, -0.15) is 5.10 Å². The van der Waals surface area contributed by atoms with Crippen LogP contribution in [0.3, 0.4) is 0 Å². The maximum absolute atomic E-state index is 12.4. The van der Waals surface area contributed by atoms with E-state index < -0.39 is 0 Å². The van der Waals surface area contributed by atoms with Gasteiger partial charge in [0.2, 0.25) is 0 Å². The number of phenols is 1. The van der Waals surface area contributed by atoms with Gasteiger partial charge in [-0.05, 0) is 59.3 Å². The first-order valence-corrected chi connectivity index (χ1v) is 12.3. The number of aryl methyl sites for hydroxylation is 1. The molecule has 0 atom stereocenters. The van der Waals surface area contributed by atoms with E-state index in [1.807, 2.05) is 48.7 Å². The molecule has 6 nitrogen and oxygen atoms in total. The van der Waals surface area contributed by atoms with E-state index in [9.17, 15) is 9.90 Å². The molecule has 1 aromatic heterocycles. The van der Waals surface area contributed by atoms with Gasteiger partial charge in [0, 0.05) is 32.2 Å². The lowest BCUT2D eigenvalue weighted by Crippen LogP contribution is -2.17. The second-order valence-electron chi connectivity index (χ2n) is 7.13. The zero-order chi connectivity index (χ0) is 23.4. The van der Waals surface area contributed by atoms with Crippen LogP contribution in [0.4, 0.5) is 10.8 Å². The molecule has 4 rings (SSSR count). The number of aromatic nitrogens is 1. The van der Waals surface area contributed by atoms with Gasteiger partial charge in [0.15, 0.2) is 5.13 Å². The van der Waals surface area contributed by atoms with Crippen LogP contribution in [0.25, 0.3) is 11.3 Å². The van der Waals surface area contributed by atoms with Crippen LogP contribution in [0.5, 0.6) is 5.75 Å². The van der Waals surface area contributed by atoms with Crippen LogP contribution >= 0.6 is 43.2 Å². The van der Waals surface area contributed by atoms with Gasteiger partial charge in [0.25, 0.3) is 5.91 Å². The van der Waals surface area contributed by atoms with Crippen molar-refractivity contribution in [2.24, 2.45) is 5.10 Å². The fourth-order valence-corrected chi connectivity index (χ4v) is 4.92. The minimum absolute atomic E-state index is 0.0417. The number of rotatable bonds is 6. The van der Waals surface area contributed by atoms with Crippen LogP contribution < -0.4 is 10.7 Å². The van der Waals surface area contributed by atoms with Crippen LogP contribution in [-0.2, 0) is 0 Å². The van der Waals surface area contributed by atoms with Crippen LogP contribution in [0.1, 0.15) is 21.5 Å². The van der Waals surface area contributed by atoms with Gasteiger partial charge >= 0.3 is 0 Å². The van der Waals surface area contributed by atoms with Crippen molar-refractivity contribution in [2.45, 2.75) is 6.92 Å². The number of hydrogen-bond donors (Lipinski definition) is 3. The molecular formula is C24H18Br2N4O2S. The highest BCUT2D eigenvalue weighted by molar-refractivity contribution is 9.11. The molecule has 1 amide bonds. The van der Waals surface area contributed by atoms with Gasteiger partial charge in [-0.3, -0.25) is 4.79 Å². The van der Waals surface area contributed by atoms with Gasteiger partial charge < -0.3 is 10.4 Å². The Morgan fingerprint density at radius 3 is 2.55 bits per heavy atom. The first kappa shape index (κ1) is 23.2. The fraction of sp³-hybridized carbons (Fsp3) is 0.0417. The average molecular weight is 586 g/mol. The Labute approximate surface area is 211 Å². The number of thiazole rings is 1. The van der Waals surface area contributed by atoms with Crippen LogP contribution in [0.2, 0.25) is 0 Å². The summed E-state index contributed by atoms with van der Waals surface area (Å²) in [5.74, 6) is -0.314. The number of hydrazone groups is 1. The molecule has 0 aliphatic rings. The lowest BCUT2D eigenvalue weighted by molar-refractivity contribution is 0.0955. The Bertz CT molecular complexity index is 1320. The number of anilines is 2. The number of amides is 1. The smallest absolute Gasteiger partial charge is 0.271 e. The lowest BCUT2D eigenvalue weighted by atomic mass is 10.1. The standard InChI is InChI=1S/C24H18Br2N4O2S/c1-14-2-8-19(9-3-14)28-24-29-21(13-33-24)15-4-6-16(7-5-15)23(32)30-27-12-17-10-18(25)11-20(26)22(17)31/h2-13,31H,1H3,(H,28,29)(H,30,32)/b27-12-. The summed E-state index contributed by atoms with van der Waals surface area (Å²) in [4.78, 5) is 17.0. The number of nitrogens with zero attached hydrogens (tertiary/aromatic N) is 2. The third kappa shape index (κ3) is 5.87. The summed E-state index contributed by atoms with van der Waals surface area (Å²) in [5, 5.41) is 20.1. The summed E-state index contributed by atoms with van der Waals surface area (Å²) in [6.07, 6.45) is 1.38. The summed E-state index contributed by atoms with van der Waals surface area (Å²) in [6.45, 7) is 2.05. The number of phenolic OH excluding ortho intramolecular Hbond substituents is 1. The predicted molar refractivity (Wildman–Crippen MR) is 141 cm³/mol. The van der Waals surface area contributed by atoms with E-state index >= 15 is 0 Å². The Balaban J connectivity index is 1.39. The van der Waals surface area contributed by atoms with E-state index in [4.69, 9.17) is 0 Å². The molecule has 0 unspecified atom stereocenters. The zero-order valence-corrected chi connectivity index (χ0v) is 21.3. The molecule has 3 aromatic carbocycles. The molecule has 0 aliphatic heterocycles. The SMILES string of the molecule is Cc1ccc(Nc2nc(-c3ccc(C(=O)N/N=C\c4cc(Br)cc(Br)c4O)cc3)cs2)cc1. The maximum atomic E-state index is 12.4. The third-order valence-corrected chi connectivity index (χ3v) is 6.50. The van der Waals surface area contributed by atoms with Gasteiger partial charge in [-0.1, -0.05) is 45.8 Å². The van der Waals surface area contributed by atoms with Crippen molar-refractivity contribution in [3.63, 3.8) is 0 Å². The van der Waals surface area contributed by atoms with Crippen molar-refractivity contribution < 1.29 is 9.90 Å². The van der Waals surface area contributed by atoms with Crippen molar-refractivity contribution in [1.82, 2.24) is 10.4 Å². The molecule has 0 spiro atoms. The molecule has 9 heteroatoms. The number of benzene rings is 3. The molecule has 33 heavy (non-hydrogen) atoms. The molecule has 0 radical (unpaired) electrons. The number of hydrogen-bond acceptors (Lipinski definition) is 6. The molecule has 0 saturated carbocycles. The number of aromatic hydroxyl groups is 1. The Morgan fingerprint density at radius 2 is 1.82 bits per heavy atom. The predicted octanol–water partition coefficient (Wildman–Crippen LogP) is 6.86. The number of nitrogens with one attached hydrogen (secondary N) is 2. The van der Waals surface area contributed by atoms with Crippen molar-refractivity contribution in [1.29, 1.82) is 0 Å². The van der Waals surface area contributed by atoms with E-state index in [0.717, 1.165) is 26.5 Å².